The minimum Gasteiger partial charge on any atom is -0.488 e. The molecule has 3 aromatic rings. The lowest BCUT2D eigenvalue weighted by atomic mass is 9.84. The zero-order valence-corrected chi connectivity index (χ0v) is 16.3. The second-order valence-electron chi connectivity index (χ2n) is 7.58. The molecule has 0 aliphatic carbocycles. The fraction of sp³-hybridized carbons (Fsp3) is 0.348. The van der Waals surface area contributed by atoms with Gasteiger partial charge in [-0.2, -0.15) is 0 Å². The largest absolute Gasteiger partial charge is 0.488 e. The molecule has 27 heavy (non-hydrogen) atoms. The van der Waals surface area contributed by atoms with Gasteiger partial charge in [-0.05, 0) is 38.0 Å². The van der Waals surface area contributed by atoms with Crippen LogP contribution in [0.4, 0.5) is 0 Å². The molecule has 1 aromatic heterocycles. The second-order valence-corrected chi connectivity index (χ2v) is 7.58. The van der Waals surface area contributed by atoms with E-state index in [4.69, 9.17) is 9.15 Å². The van der Waals surface area contributed by atoms with E-state index in [0.29, 0.717) is 41.1 Å². The maximum atomic E-state index is 12.9. The van der Waals surface area contributed by atoms with Crippen molar-refractivity contribution in [2.45, 2.75) is 46.1 Å². The molecule has 1 N–H and O–H groups in total. The first kappa shape index (κ1) is 19.2. The van der Waals surface area contributed by atoms with E-state index in [0.717, 1.165) is 11.1 Å². The molecule has 0 aliphatic heterocycles. The van der Waals surface area contributed by atoms with E-state index < -0.39 is 5.41 Å². The molecule has 0 saturated carbocycles. The predicted molar refractivity (Wildman–Crippen MR) is 107 cm³/mol. The Morgan fingerprint density at radius 1 is 1.04 bits per heavy atom. The summed E-state index contributed by atoms with van der Waals surface area (Å²) in [6.07, 6.45) is 0.519. The van der Waals surface area contributed by atoms with E-state index in [1.165, 1.54) is 0 Å². The summed E-state index contributed by atoms with van der Waals surface area (Å²) in [5.74, 6) is 1.32. The summed E-state index contributed by atoms with van der Waals surface area (Å²) in [6, 6.07) is 13.5. The van der Waals surface area contributed by atoms with Crippen LogP contribution in [-0.2, 0) is 12.0 Å². The van der Waals surface area contributed by atoms with E-state index in [1.54, 1.807) is 13.0 Å². The lowest BCUT2D eigenvalue weighted by molar-refractivity contribution is 0.236. The Morgan fingerprint density at radius 3 is 2.41 bits per heavy atom. The number of aryl methyl sites for hydroxylation is 1. The number of hydrogen-bond acceptors (Lipinski definition) is 4. The molecular formula is C23H26O4. The molecule has 2 aromatic carbocycles. The van der Waals surface area contributed by atoms with Crippen molar-refractivity contribution in [3.05, 3.63) is 75.1 Å². The van der Waals surface area contributed by atoms with Crippen LogP contribution in [0.2, 0.25) is 0 Å². The summed E-state index contributed by atoms with van der Waals surface area (Å²) in [6.45, 7) is 8.13. The van der Waals surface area contributed by atoms with E-state index in [1.807, 2.05) is 57.2 Å². The van der Waals surface area contributed by atoms with Gasteiger partial charge in [0.15, 0.2) is 5.43 Å². The zero-order valence-electron chi connectivity index (χ0n) is 16.3. The van der Waals surface area contributed by atoms with E-state index in [2.05, 4.69) is 0 Å². The second kappa shape index (κ2) is 7.57. The molecule has 0 spiro atoms. The van der Waals surface area contributed by atoms with Crippen LogP contribution in [-0.4, -0.2) is 11.7 Å². The SMILES string of the molecule is Cc1c(C(C)(C)CCO)oc2c(C)c(OCc3ccccc3)ccc2c1=O. The van der Waals surface area contributed by atoms with Crippen LogP contribution in [0, 0.1) is 13.8 Å². The lowest BCUT2D eigenvalue weighted by Crippen LogP contribution is -2.24. The van der Waals surface area contributed by atoms with Gasteiger partial charge in [-0.25, -0.2) is 0 Å². The Bertz CT molecular complexity index is 1000. The lowest BCUT2D eigenvalue weighted by Gasteiger charge is -2.24. The number of fused-ring (bicyclic) bond motifs is 1. The van der Waals surface area contributed by atoms with E-state index in [9.17, 15) is 9.90 Å². The molecule has 1 heterocycles. The maximum absolute atomic E-state index is 12.9. The van der Waals surface area contributed by atoms with Gasteiger partial charge in [0.05, 0.1) is 5.39 Å². The van der Waals surface area contributed by atoms with E-state index in [-0.39, 0.29) is 12.0 Å². The van der Waals surface area contributed by atoms with Crippen molar-refractivity contribution in [3.63, 3.8) is 0 Å². The summed E-state index contributed by atoms with van der Waals surface area (Å²) in [5, 5.41) is 9.93. The van der Waals surface area contributed by atoms with Gasteiger partial charge in [-0.15, -0.1) is 0 Å². The summed E-state index contributed by atoms with van der Waals surface area (Å²) in [7, 11) is 0. The minimum atomic E-state index is -0.431. The van der Waals surface area contributed by atoms with Crippen molar-refractivity contribution in [2.24, 2.45) is 0 Å². The highest BCUT2D eigenvalue weighted by molar-refractivity contribution is 5.82. The highest BCUT2D eigenvalue weighted by atomic mass is 16.5. The van der Waals surface area contributed by atoms with Crippen molar-refractivity contribution in [1.29, 1.82) is 0 Å². The average molecular weight is 366 g/mol. The van der Waals surface area contributed by atoms with Crippen molar-refractivity contribution in [1.82, 2.24) is 0 Å². The highest BCUT2D eigenvalue weighted by Gasteiger charge is 2.28. The number of rotatable bonds is 6. The summed E-state index contributed by atoms with van der Waals surface area (Å²) >= 11 is 0. The normalized spacial score (nSPS) is 11.7. The van der Waals surface area contributed by atoms with Crippen molar-refractivity contribution in [3.8, 4) is 5.75 Å². The monoisotopic (exact) mass is 366 g/mol. The smallest absolute Gasteiger partial charge is 0.195 e. The Balaban J connectivity index is 2.06. The van der Waals surface area contributed by atoms with Crippen LogP contribution in [0.25, 0.3) is 11.0 Å². The van der Waals surface area contributed by atoms with Gasteiger partial charge in [0.25, 0.3) is 0 Å². The molecule has 0 atom stereocenters. The van der Waals surface area contributed by atoms with Gasteiger partial charge in [-0.1, -0.05) is 44.2 Å². The fourth-order valence-electron chi connectivity index (χ4n) is 3.40. The van der Waals surface area contributed by atoms with Gasteiger partial charge >= 0.3 is 0 Å². The molecule has 142 valence electrons. The van der Waals surface area contributed by atoms with Crippen molar-refractivity contribution in [2.75, 3.05) is 6.61 Å². The summed E-state index contributed by atoms with van der Waals surface area (Å²) < 4.78 is 12.2. The Kier molecular flexibility index (Phi) is 5.38. The third-order valence-electron chi connectivity index (χ3n) is 5.07. The Morgan fingerprint density at radius 2 is 1.74 bits per heavy atom. The molecule has 0 bridgehead atoms. The standard InChI is InChI=1S/C23H26O4/c1-15-19(26-14-17-8-6-5-7-9-17)11-10-18-20(25)16(2)22(27-21(15)18)23(3,4)12-13-24/h5-11,24H,12-14H2,1-4H3. The van der Waals surface area contributed by atoms with E-state index >= 15 is 0 Å². The number of aliphatic hydroxyl groups excluding tert-OH is 1. The number of benzene rings is 2. The Hall–Kier alpha value is -2.59. The first-order valence-electron chi connectivity index (χ1n) is 9.20. The van der Waals surface area contributed by atoms with Crippen LogP contribution in [0.5, 0.6) is 5.75 Å². The van der Waals surface area contributed by atoms with Crippen LogP contribution in [0.3, 0.4) is 0 Å². The predicted octanol–water partition coefficient (Wildman–Crippen LogP) is 4.65. The zero-order chi connectivity index (χ0) is 19.6. The van der Waals surface area contributed by atoms with Gasteiger partial charge in [-0.3, -0.25) is 4.79 Å². The third kappa shape index (κ3) is 3.76. The van der Waals surface area contributed by atoms with Crippen LogP contribution in [0.1, 0.15) is 42.7 Å². The maximum Gasteiger partial charge on any atom is 0.195 e. The first-order valence-corrected chi connectivity index (χ1v) is 9.20. The van der Waals surface area contributed by atoms with Gasteiger partial charge in [0.1, 0.15) is 23.7 Å². The quantitative estimate of drug-likeness (QED) is 0.690. The molecule has 4 heteroatoms. The number of aliphatic hydroxyl groups is 1. The van der Waals surface area contributed by atoms with Crippen LogP contribution >= 0.6 is 0 Å². The van der Waals surface area contributed by atoms with Crippen LogP contribution in [0.15, 0.2) is 51.7 Å². The van der Waals surface area contributed by atoms with Crippen molar-refractivity contribution >= 4 is 11.0 Å². The molecule has 0 aliphatic rings. The summed E-state index contributed by atoms with van der Waals surface area (Å²) in [5.41, 5.74) is 2.57. The number of ether oxygens (including phenoxy) is 1. The third-order valence-corrected chi connectivity index (χ3v) is 5.07. The topological polar surface area (TPSA) is 59.7 Å². The highest BCUT2D eigenvalue weighted by Crippen LogP contribution is 2.33. The molecule has 0 amide bonds. The van der Waals surface area contributed by atoms with Gasteiger partial charge < -0.3 is 14.3 Å². The fourth-order valence-corrected chi connectivity index (χ4v) is 3.40. The molecular weight excluding hydrogens is 340 g/mol. The van der Waals surface area contributed by atoms with Gasteiger partial charge in [0, 0.05) is 23.1 Å². The van der Waals surface area contributed by atoms with Crippen molar-refractivity contribution < 1.29 is 14.3 Å². The molecule has 0 saturated heterocycles. The average Bonchev–Trinajstić information content (AvgIpc) is 2.65. The molecule has 4 nitrogen and oxygen atoms in total. The molecule has 0 fully saturated rings. The number of hydrogen-bond donors (Lipinski definition) is 1. The molecule has 0 unspecified atom stereocenters. The summed E-state index contributed by atoms with van der Waals surface area (Å²) in [4.78, 5) is 12.9. The van der Waals surface area contributed by atoms with Gasteiger partial charge in [0.2, 0.25) is 0 Å². The molecule has 0 radical (unpaired) electrons. The molecule has 3 rings (SSSR count). The Labute approximate surface area is 159 Å². The minimum absolute atomic E-state index is 0.0324. The van der Waals surface area contributed by atoms with Crippen LogP contribution < -0.4 is 10.2 Å². The first-order chi connectivity index (χ1) is 12.8.